The van der Waals surface area contributed by atoms with E-state index in [0.29, 0.717) is 10.8 Å². The molecule has 82 valence electrons. The van der Waals surface area contributed by atoms with Crippen molar-refractivity contribution in [1.29, 1.82) is 0 Å². The zero-order chi connectivity index (χ0) is 11.4. The van der Waals surface area contributed by atoms with Gasteiger partial charge in [-0.15, -0.1) is 0 Å². The number of benzene rings is 1. The SMILES string of the molecule is Cc1cc(Cl)ccc1OOC(C)C(=O)O. The van der Waals surface area contributed by atoms with Crippen molar-refractivity contribution < 1.29 is 19.7 Å². The van der Waals surface area contributed by atoms with Crippen LogP contribution in [0.2, 0.25) is 5.02 Å². The van der Waals surface area contributed by atoms with Gasteiger partial charge in [-0.05, 0) is 37.6 Å². The van der Waals surface area contributed by atoms with E-state index in [9.17, 15) is 4.79 Å². The fourth-order valence-corrected chi connectivity index (χ4v) is 1.10. The topological polar surface area (TPSA) is 55.8 Å². The molecule has 5 heteroatoms. The summed E-state index contributed by atoms with van der Waals surface area (Å²) >= 11 is 5.74. The van der Waals surface area contributed by atoms with Crippen LogP contribution in [0.25, 0.3) is 0 Å². The summed E-state index contributed by atoms with van der Waals surface area (Å²) in [6.07, 6.45) is -1.01. The highest BCUT2D eigenvalue weighted by molar-refractivity contribution is 6.30. The van der Waals surface area contributed by atoms with Crippen LogP contribution in [0.4, 0.5) is 0 Å². The zero-order valence-corrected chi connectivity index (χ0v) is 9.12. The molecular formula is C10H11ClO4. The molecule has 1 unspecified atom stereocenters. The van der Waals surface area contributed by atoms with Gasteiger partial charge in [-0.2, -0.15) is 4.89 Å². The molecule has 1 atom stereocenters. The molecule has 15 heavy (non-hydrogen) atoms. The van der Waals surface area contributed by atoms with E-state index in [2.05, 4.69) is 4.89 Å². The Labute approximate surface area is 92.3 Å². The Morgan fingerprint density at radius 2 is 2.20 bits per heavy atom. The molecule has 0 aliphatic rings. The largest absolute Gasteiger partial charge is 0.479 e. The Morgan fingerprint density at radius 3 is 2.73 bits per heavy atom. The Hall–Kier alpha value is -1.26. The molecule has 0 aliphatic carbocycles. The second-order valence-electron chi connectivity index (χ2n) is 3.07. The van der Waals surface area contributed by atoms with Gasteiger partial charge in [-0.1, -0.05) is 11.6 Å². The van der Waals surface area contributed by atoms with Gasteiger partial charge in [0.1, 0.15) is 0 Å². The number of carboxylic acids is 1. The highest BCUT2D eigenvalue weighted by Crippen LogP contribution is 2.22. The quantitative estimate of drug-likeness (QED) is 0.638. The molecule has 0 bridgehead atoms. The van der Waals surface area contributed by atoms with Gasteiger partial charge in [0, 0.05) is 5.02 Å². The summed E-state index contributed by atoms with van der Waals surface area (Å²) in [5, 5.41) is 9.14. The number of rotatable bonds is 4. The van der Waals surface area contributed by atoms with Crippen molar-refractivity contribution in [2.24, 2.45) is 0 Å². The number of halogens is 1. The third-order valence-corrected chi connectivity index (χ3v) is 2.00. The molecule has 0 aromatic heterocycles. The summed E-state index contributed by atoms with van der Waals surface area (Å²) in [4.78, 5) is 20.0. The summed E-state index contributed by atoms with van der Waals surface area (Å²) in [7, 11) is 0. The average molecular weight is 231 g/mol. The molecule has 4 nitrogen and oxygen atoms in total. The third kappa shape index (κ3) is 3.42. The standard InChI is InChI=1S/C10H11ClO4/c1-6-5-8(11)3-4-9(6)15-14-7(2)10(12)13/h3-5,7H,1-2H3,(H,12,13). The van der Waals surface area contributed by atoms with Crippen LogP contribution < -0.4 is 4.89 Å². The lowest BCUT2D eigenvalue weighted by atomic mass is 10.2. The van der Waals surface area contributed by atoms with E-state index >= 15 is 0 Å². The highest BCUT2D eigenvalue weighted by Gasteiger charge is 2.13. The maximum absolute atomic E-state index is 10.4. The van der Waals surface area contributed by atoms with Crippen molar-refractivity contribution in [3.8, 4) is 5.75 Å². The lowest BCUT2D eigenvalue weighted by Crippen LogP contribution is -2.21. The molecule has 1 rings (SSSR count). The van der Waals surface area contributed by atoms with Crippen LogP contribution in [-0.4, -0.2) is 17.2 Å². The molecule has 1 N–H and O–H groups in total. The molecule has 1 aromatic carbocycles. The van der Waals surface area contributed by atoms with E-state index in [1.54, 1.807) is 25.1 Å². The van der Waals surface area contributed by atoms with Crippen LogP contribution in [0.5, 0.6) is 5.75 Å². The lowest BCUT2D eigenvalue weighted by Gasteiger charge is -2.10. The predicted molar refractivity (Wildman–Crippen MR) is 55.0 cm³/mol. The Kier molecular flexibility index (Phi) is 3.94. The first-order valence-electron chi connectivity index (χ1n) is 4.33. The summed E-state index contributed by atoms with van der Waals surface area (Å²) in [6, 6.07) is 4.95. The van der Waals surface area contributed by atoms with Crippen molar-refractivity contribution in [3.05, 3.63) is 28.8 Å². The van der Waals surface area contributed by atoms with Gasteiger partial charge in [0.25, 0.3) is 0 Å². The summed E-state index contributed by atoms with van der Waals surface area (Å²) < 4.78 is 0. The van der Waals surface area contributed by atoms with Gasteiger partial charge < -0.3 is 9.99 Å². The smallest absolute Gasteiger partial charge is 0.337 e. The van der Waals surface area contributed by atoms with E-state index in [0.717, 1.165) is 5.56 Å². The maximum atomic E-state index is 10.4. The van der Waals surface area contributed by atoms with Crippen LogP contribution in [0, 0.1) is 6.92 Å². The lowest BCUT2D eigenvalue weighted by molar-refractivity contribution is -0.242. The molecule has 0 saturated carbocycles. The van der Waals surface area contributed by atoms with E-state index in [1.165, 1.54) is 6.92 Å². The van der Waals surface area contributed by atoms with Gasteiger partial charge in [-0.25, -0.2) is 4.79 Å². The fraction of sp³-hybridized carbons (Fsp3) is 0.300. The highest BCUT2D eigenvalue weighted by atomic mass is 35.5. The van der Waals surface area contributed by atoms with Gasteiger partial charge in [-0.3, -0.25) is 0 Å². The summed E-state index contributed by atoms with van der Waals surface area (Å²) in [5.41, 5.74) is 0.778. The molecule has 1 aromatic rings. The van der Waals surface area contributed by atoms with E-state index in [4.69, 9.17) is 21.6 Å². The number of carbonyl (C=O) groups is 1. The van der Waals surface area contributed by atoms with E-state index in [1.807, 2.05) is 0 Å². The predicted octanol–water partition coefficient (Wildman–Crippen LogP) is 2.43. The van der Waals surface area contributed by atoms with Crippen molar-refractivity contribution in [2.45, 2.75) is 20.0 Å². The minimum atomic E-state index is -1.08. The first-order chi connectivity index (χ1) is 7.00. The Bertz CT molecular complexity index is 364. The normalized spacial score (nSPS) is 12.2. The maximum Gasteiger partial charge on any atom is 0.337 e. The van der Waals surface area contributed by atoms with Crippen LogP contribution in [0.15, 0.2) is 18.2 Å². The molecule has 0 spiro atoms. The minimum absolute atomic E-state index is 0.451. The molecule has 0 aliphatic heterocycles. The zero-order valence-electron chi connectivity index (χ0n) is 8.36. The number of hydrogen-bond donors (Lipinski definition) is 1. The second kappa shape index (κ2) is 5.00. The second-order valence-corrected chi connectivity index (χ2v) is 3.51. The monoisotopic (exact) mass is 230 g/mol. The number of hydrogen-bond acceptors (Lipinski definition) is 3. The van der Waals surface area contributed by atoms with Crippen molar-refractivity contribution in [3.63, 3.8) is 0 Å². The molecule has 0 saturated heterocycles. The number of carboxylic acid groups (broad SMARTS) is 1. The summed E-state index contributed by atoms with van der Waals surface area (Å²) in [6.45, 7) is 3.17. The number of aryl methyl sites for hydroxylation is 1. The molecule has 0 radical (unpaired) electrons. The fourth-order valence-electron chi connectivity index (χ4n) is 0.871. The van der Waals surface area contributed by atoms with Gasteiger partial charge in [0.2, 0.25) is 0 Å². The van der Waals surface area contributed by atoms with Crippen LogP contribution >= 0.6 is 11.6 Å². The Morgan fingerprint density at radius 1 is 1.53 bits per heavy atom. The molecule has 0 heterocycles. The van der Waals surface area contributed by atoms with Crippen molar-refractivity contribution in [1.82, 2.24) is 0 Å². The minimum Gasteiger partial charge on any atom is -0.479 e. The van der Waals surface area contributed by atoms with Crippen LogP contribution in [-0.2, 0) is 9.68 Å². The third-order valence-electron chi connectivity index (χ3n) is 1.77. The van der Waals surface area contributed by atoms with Crippen LogP contribution in [0.3, 0.4) is 0 Å². The van der Waals surface area contributed by atoms with Gasteiger partial charge >= 0.3 is 5.97 Å². The molecular weight excluding hydrogens is 220 g/mol. The summed E-state index contributed by atoms with van der Waals surface area (Å²) in [5.74, 6) is -0.630. The van der Waals surface area contributed by atoms with Gasteiger partial charge in [0.15, 0.2) is 11.9 Å². The molecule has 0 amide bonds. The first kappa shape index (κ1) is 11.8. The first-order valence-corrected chi connectivity index (χ1v) is 4.71. The molecule has 0 fully saturated rings. The van der Waals surface area contributed by atoms with Crippen molar-refractivity contribution in [2.75, 3.05) is 0 Å². The number of aliphatic carboxylic acids is 1. The van der Waals surface area contributed by atoms with Gasteiger partial charge in [0.05, 0.1) is 0 Å². The van der Waals surface area contributed by atoms with E-state index in [-0.39, 0.29) is 0 Å². The average Bonchev–Trinajstić information content (AvgIpc) is 2.15. The van der Waals surface area contributed by atoms with E-state index < -0.39 is 12.1 Å². The Balaban J connectivity index is 2.62. The van der Waals surface area contributed by atoms with Crippen molar-refractivity contribution >= 4 is 17.6 Å². The van der Waals surface area contributed by atoms with Crippen LogP contribution in [0.1, 0.15) is 12.5 Å².